The number of ether oxygens (including phenoxy) is 2. The number of anilines is 1. The molecule has 26 heavy (non-hydrogen) atoms. The average Bonchev–Trinajstić information content (AvgIpc) is 3.35. The molecule has 0 aliphatic carbocycles. The molecule has 0 saturated carbocycles. The highest BCUT2D eigenvalue weighted by atomic mass is 16.5. The first-order valence-electron chi connectivity index (χ1n) is 8.39. The molecule has 0 unspecified atom stereocenters. The first-order valence-corrected chi connectivity index (χ1v) is 8.39. The van der Waals surface area contributed by atoms with Crippen LogP contribution in [0.5, 0.6) is 11.5 Å². The number of rotatable bonds is 4. The molecule has 6 nitrogen and oxygen atoms in total. The van der Waals surface area contributed by atoms with Gasteiger partial charge in [-0.2, -0.15) is 5.10 Å². The van der Waals surface area contributed by atoms with E-state index in [1.807, 2.05) is 42.5 Å². The van der Waals surface area contributed by atoms with E-state index in [4.69, 9.17) is 9.47 Å². The summed E-state index contributed by atoms with van der Waals surface area (Å²) in [6.07, 6.45) is 2.65. The fraction of sp³-hybridized carbons (Fsp3) is 0.200. The Kier molecular flexibility index (Phi) is 4.08. The number of aromatic nitrogens is 2. The van der Waals surface area contributed by atoms with E-state index >= 15 is 0 Å². The minimum absolute atomic E-state index is 0.156. The van der Waals surface area contributed by atoms with Gasteiger partial charge in [0.05, 0.1) is 19.4 Å². The van der Waals surface area contributed by atoms with Crippen molar-refractivity contribution in [3.05, 3.63) is 66.0 Å². The summed E-state index contributed by atoms with van der Waals surface area (Å²) >= 11 is 0. The van der Waals surface area contributed by atoms with E-state index in [2.05, 4.69) is 5.10 Å². The second-order valence-electron chi connectivity index (χ2n) is 6.10. The zero-order chi connectivity index (χ0) is 18.1. The second kappa shape index (κ2) is 6.55. The lowest BCUT2D eigenvalue weighted by molar-refractivity contribution is 0.0988. The van der Waals surface area contributed by atoms with Crippen LogP contribution in [0, 0.1) is 0 Å². The molecule has 2 aromatic carbocycles. The standard InChI is InChI=1S/C20H19N3O3/c1-22(16-5-8-19-14(13-16)10-12-26-19)20(24)18-9-11-23(21-18)15-3-6-17(25-2)7-4-15/h3-9,11,13H,10,12H2,1-2H3. The largest absolute Gasteiger partial charge is 0.497 e. The number of hydrogen-bond acceptors (Lipinski definition) is 4. The van der Waals surface area contributed by atoms with Crippen molar-refractivity contribution in [3.63, 3.8) is 0 Å². The van der Waals surface area contributed by atoms with Crippen LogP contribution in [0.3, 0.4) is 0 Å². The Hall–Kier alpha value is -3.28. The van der Waals surface area contributed by atoms with Crippen molar-refractivity contribution in [2.24, 2.45) is 0 Å². The molecule has 1 aromatic heterocycles. The van der Waals surface area contributed by atoms with Crippen LogP contribution in [0.1, 0.15) is 16.1 Å². The summed E-state index contributed by atoms with van der Waals surface area (Å²) in [4.78, 5) is 14.4. The fourth-order valence-electron chi connectivity index (χ4n) is 2.99. The molecule has 6 heteroatoms. The summed E-state index contributed by atoms with van der Waals surface area (Å²) < 4.78 is 12.4. The number of fused-ring (bicyclic) bond motifs is 1. The minimum Gasteiger partial charge on any atom is -0.497 e. The normalized spacial score (nSPS) is 12.4. The van der Waals surface area contributed by atoms with Crippen molar-refractivity contribution in [1.82, 2.24) is 9.78 Å². The third-order valence-corrected chi connectivity index (χ3v) is 4.51. The van der Waals surface area contributed by atoms with Gasteiger partial charge < -0.3 is 14.4 Å². The number of benzene rings is 2. The van der Waals surface area contributed by atoms with Crippen LogP contribution in [0.2, 0.25) is 0 Å². The van der Waals surface area contributed by atoms with E-state index in [9.17, 15) is 4.79 Å². The van der Waals surface area contributed by atoms with Crippen molar-refractivity contribution in [2.45, 2.75) is 6.42 Å². The molecule has 132 valence electrons. The summed E-state index contributed by atoms with van der Waals surface area (Å²) in [6, 6.07) is 15.0. The van der Waals surface area contributed by atoms with Gasteiger partial charge in [0.1, 0.15) is 11.5 Å². The number of methoxy groups -OCH3 is 1. The molecule has 0 N–H and O–H groups in total. The Morgan fingerprint density at radius 2 is 2.00 bits per heavy atom. The number of amides is 1. The van der Waals surface area contributed by atoms with Gasteiger partial charge in [0.25, 0.3) is 5.91 Å². The molecule has 1 aliphatic heterocycles. The summed E-state index contributed by atoms with van der Waals surface area (Å²) in [6.45, 7) is 0.697. The Morgan fingerprint density at radius 3 is 2.77 bits per heavy atom. The quantitative estimate of drug-likeness (QED) is 0.726. The molecule has 1 amide bonds. The van der Waals surface area contributed by atoms with Gasteiger partial charge in [0.15, 0.2) is 5.69 Å². The maximum absolute atomic E-state index is 12.8. The molecule has 0 bridgehead atoms. The summed E-state index contributed by atoms with van der Waals surface area (Å²) in [7, 11) is 3.38. The third-order valence-electron chi connectivity index (χ3n) is 4.51. The van der Waals surface area contributed by atoms with Gasteiger partial charge in [-0.1, -0.05) is 0 Å². The Labute approximate surface area is 151 Å². The topological polar surface area (TPSA) is 56.6 Å². The van der Waals surface area contributed by atoms with Crippen LogP contribution in [-0.4, -0.2) is 36.5 Å². The lowest BCUT2D eigenvalue weighted by atomic mass is 10.1. The van der Waals surface area contributed by atoms with Crippen LogP contribution in [0.25, 0.3) is 5.69 Å². The molecule has 0 spiro atoms. The fourth-order valence-corrected chi connectivity index (χ4v) is 2.99. The molecule has 1 aliphatic rings. The molecular formula is C20H19N3O3. The lowest BCUT2D eigenvalue weighted by Crippen LogP contribution is -2.26. The van der Waals surface area contributed by atoms with E-state index in [0.717, 1.165) is 34.9 Å². The molecule has 2 heterocycles. The van der Waals surface area contributed by atoms with Crippen LogP contribution in [0.4, 0.5) is 5.69 Å². The van der Waals surface area contributed by atoms with Gasteiger partial charge in [-0.3, -0.25) is 4.79 Å². The van der Waals surface area contributed by atoms with Crippen LogP contribution in [0.15, 0.2) is 54.7 Å². The maximum Gasteiger partial charge on any atom is 0.278 e. The summed E-state index contributed by atoms with van der Waals surface area (Å²) in [5.74, 6) is 1.52. The highest BCUT2D eigenvalue weighted by molar-refractivity contribution is 6.04. The Morgan fingerprint density at radius 1 is 1.19 bits per heavy atom. The predicted molar refractivity (Wildman–Crippen MR) is 98.5 cm³/mol. The van der Waals surface area contributed by atoms with Gasteiger partial charge in [-0.05, 0) is 54.1 Å². The Balaban J connectivity index is 1.55. The number of hydrogen-bond donors (Lipinski definition) is 0. The van der Waals surface area contributed by atoms with Crippen molar-refractivity contribution in [2.75, 3.05) is 25.7 Å². The molecule has 0 atom stereocenters. The van der Waals surface area contributed by atoms with Gasteiger partial charge in [-0.15, -0.1) is 0 Å². The van der Waals surface area contributed by atoms with Crippen LogP contribution >= 0.6 is 0 Å². The molecular weight excluding hydrogens is 330 g/mol. The summed E-state index contributed by atoms with van der Waals surface area (Å²) in [5.41, 5.74) is 3.21. The van der Waals surface area contributed by atoms with Crippen molar-refractivity contribution >= 4 is 11.6 Å². The van der Waals surface area contributed by atoms with Crippen LogP contribution in [-0.2, 0) is 6.42 Å². The summed E-state index contributed by atoms with van der Waals surface area (Å²) in [5, 5.41) is 4.41. The molecule has 4 rings (SSSR count). The average molecular weight is 349 g/mol. The second-order valence-corrected chi connectivity index (χ2v) is 6.10. The van der Waals surface area contributed by atoms with E-state index in [0.29, 0.717) is 12.3 Å². The highest BCUT2D eigenvalue weighted by Crippen LogP contribution is 2.29. The van der Waals surface area contributed by atoms with Gasteiger partial charge in [0.2, 0.25) is 0 Å². The lowest BCUT2D eigenvalue weighted by Gasteiger charge is -2.16. The first-order chi connectivity index (χ1) is 12.7. The maximum atomic E-state index is 12.8. The third kappa shape index (κ3) is 2.90. The van der Waals surface area contributed by atoms with E-state index < -0.39 is 0 Å². The van der Waals surface area contributed by atoms with E-state index in [1.165, 1.54) is 0 Å². The van der Waals surface area contributed by atoms with Crippen molar-refractivity contribution in [1.29, 1.82) is 0 Å². The monoisotopic (exact) mass is 349 g/mol. The molecule has 0 radical (unpaired) electrons. The predicted octanol–water partition coefficient (Wildman–Crippen LogP) is 3.09. The van der Waals surface area contributed by atoms with Crippen molar-refractivity contribution in [3.8, 4) is 17.2 Å². The zero-order valence-corrected chi connectivity index (χ0v) is 14.7. The van der Waals surface area contributed by atoms with Gasteiger partial charge >= 0.3 is 0 Å². The number of carbonyl (C=O) groups excluding carboxylic acids is 1. The Bertz CT molecular complexity index is 947. The smallest absolute Gasteiger partial charge is 0.278 e. The van der Waals surface area contributed by atoms with Crippen molar-refractivity contribution < 1.29 is 14.3 Å². The van der Waals surface area contributed by atoms with E-state index in [-0.39, 0.29) is 5.91 Å². The first kappa shape index (κ1) is 16.2. The number of nitrogens with zero attached hydrogens (tertiary/aromatic N) is 3. The molecule has 3 aromatic rings. The van der Waals surface area contributed by atoms with Gasteiger partial charge in [-0.25, -0.2) is 4.68 Å². The van der Waals surface area contributed by atoms with Crippen LogP contribution < -0.4 is 14.4 Å². The molecule has 0 saturated heterocycles. The zero-order valence-electron chi connectivity index (χ0n) is 14.7. The molecule has 0 fully saturated rings. The number of carbonyl (C=O) groups is 1. The SMILES string of the molecule is COc1ccc(-n2ccc(C(=O)N(C)c3ccc4c(c3)CCO4)n2)cc1. The van der Waals surface area contributed by atoms with Gasteiger partial charge in [0, 0.05) is 25.4 Å². The van der Waals surface area contributed by atoms with E-state index in [1.54, 1.807) is 36.0 Å². The highest BCUT2D eigenvalue weighted by Gasteiger charge is 2.19. The minimum atomic E-state index is -0.156.